The highest BCUT2D eigenvalue weighted by Gasteiger charge is 2.24. The van der Waals surface area contributed by atoms with E-state index in [1.807, 2.05) is 36.4 Å². The molecule has 1 aliphatic rings. The maximum atomic E-state index is 12.1. The second-order valence-electron chi connectivity index (χ2n) is 4.71. The Bertz CT molecular complexity index is 720. The predicted molar refractivity (Wildman–Crippen MR) is 80.8 cm³/mol. The minimum Gasteiger partial charge on any atom is -0.493 e. The molecule has 0 atom stereocenters. The summed E-state index contributed by atoms with van der Waals surface area (Å²) in [5, 5.41) is 0. The lowest BCUT2D eigenvalue weighted by Crippen LogP contribution is -2.20. The molecule has 0 fully saturated rings. The number of fused-ring (bicyclic) bond motifs is 1. The maximum absolute atomic E-state index is 12.1. The summed E-state index contributed by atoms with van der Waals surface area (Å²) in [6, 6.07) is 13.4. The van der Waals surface area contributed by atoms with Crippen molar-refractivity contribution in [2.45, 2.75) is 0 Å². The highest BCUT2D eigenvalue weighted by Crippen LogP contribution is 2.33. The van der Waals surface area contributed by atoms with Crippen molar-refractivity contribution < 1.29 is 14.3 Å². The number of ether oxygens (including phenoxy) is 2. The van der Waals surface area contributed by atoms with Gasteiger partial charge < -0.3 is 9.47 Å². The van der Waals surface area contributed by atoms with Gasteiger partial charge in [0, 0.05) is 16.7 Å². The van der Waals surface area contributed by atoms with E-state index in [9.17, 15) is 4.79 Å². The van der Waals surface area contributed by atoms with E-state index < -0.39 is 0 Å². The van der Waals surface area contributed by atoms with Crippen LogP contribution in [0.2, 0.25) is 0 Å². The van der Waals surface area contributed by atoms with Gasteiger partial charge in [-0.05, 0) is 12.1 Å². The molecule has 21 heavy (non-hydrogen) atoms. The molecule has 1 aliphatic heterocycles. The number of benzene rings is 2. The van der Waals surface area contributed by atoms with Crippen LogP contribution in [0.25, 0.3) is 0 Å². The molecule has 0 unspecified atom stereocenters. The van der Waals surface area contributed by atoms with Gasteiger partial charge in [-0.3, -0.25) is 9.79 Å². The summed E-state index contributed by atoms with van der Waals surface area (Å²) in [4.78, 5) is 16.6. The normalized spacial score (nSPS) is 13.4. The second-order valence-corrected chi connectivity index (χ2v) is 4.71. The number of hydrogen-bond acceptors (Lipinski definition) is 4. The third-order valence-corrected chi connectivity index (χ3v) is 3.51. The van der Waals surface area contributed by atoms with Gasteiger partial charge in [-0.15, -0.1) is 0 Å². The van der Waals surface area contributed by atoms with Crippen LogP contribution in [0, 0.1) is 0 Å². The van der Waals surface area contributed by atoms with E-state index in [-0.39, 0.29) is 12.3 Å². The molecule has 0 radical (unpaired) electrons. The summed E-state index contributed by atoms with van der Waals surface area (Å²) < 4.78 is 10.6. The smallest absolute Gasteiger partial charge is 0.185 e. The van der Waals surface area contributed by atoms with Crippen molar-refractivity contribution in [3.63, 3.8) is 0 Å². The van der Waals surface area contributed by atoms with Crippen LogP contribution in [0.4, 0.5) is 0 Å². The molecule has 0 amide bonds. The predicted octanol–water partition coefficient (Wildman–Crippen LogP) is 2.74. The lowest BCUT2D eigenvalue weighted by atomic mass is 9.92. The summed E-state index contributed by atoms with van der Waals surface area (Å²) in [6.07, 6.45) is 0. The lowest BCUT2D eigenvalue weighted by molar-refractivity contribution is 0.1000. The number of rotatable bonds is 3. The van der Waals surface area contributed by atoms with Crippen molar-refractivity contribution in [2.24, 2.45) is 4.99 Å². The first kappa shape index (κ1) is 13.4. The lowest BCUT2D eigenvalue weighted by Gasteiger charge is -2.19. The van der Waals surface area contributed by atoms with Gasteiger partial charge in [0.25, 0.3) is 0 Å². The zero-order valence-corrected chi connectivity index (χ0v) is 11.9. The Balaban J connectivity index is 2.20. The Labute approximate surface area is 123 Å². The Hall–Kier alpha value is -2.62. The molecule has 1 heterocycles. The first-order valence-electron chi connectivity index (χ1n) is 6.64. The van der Waals surface area contributed by atoms with Crippen molar-refractivity contribution in [2.75, 3.05) is 20.8 Å². The van der Waals surface area contributed by atoms with Gasteiger partial charge in [0.1, 0.15) is 6.54 Å². The molecule has 0 saturated carbocycles. The van der Waals surface area contributed by atoms with Gasteiger partial charge in [-0.2, -0.15) is 0 Å². The van der Waals surface area contributed by atoms with Gasteiger partial charge in [-0.25, -0.2) is 0 Å². The van der Waals surface area contributed by atoms with E-state index >= 15 is 0 Å². The molecule has 0 aliphatic carbocycles. The number of ketones is 1. The summed E-state index contributed by atoms with van der Waals surface area (Å²) >= 11 is 0. The minimum atomic E-state index is -0.00867. The highest BCUT2D eigenvalue weighted by molar-refractivity contribution is 6.22. The number of methoxy groups -OCH3 is 2. The Morgan fingerprint density at radius 1 is 0.952 bits per heavy atom. The Kier molecular flexibility index (Phi) is 3.44. The maximum Gasteiger partial charge on any atom is 0.185 e. The molecule has 0 bridgehead atoms. The van der Waals surface area contributed by atoms with Crippen molar-refractivity contribution in [1.82, 2.24) is 0 Å². The van der Waals surface area contributed by atoms with Gasteiger partial charge in [0.05, 0.1) is 19.9 Å². The molecule has 2 aromatic carbocycles. The van der Waals surface area contributed by atoms with Crippen LogP contribution in [0.1, 0.15) is 21.5 Å². The van der Waals surface area contributed by atoms with Crippen LogP contribution in [-0.4, -0.2) is 32.3 Å². The molecule has 2 aromatic rings. The van der Waals surface area contributed by atoms with Crippen molar-refractivity contribution in [3.8, 4) is 11.5 Å². The fourth-order valence-electron chi connectivity index (χ4n) is 2.47. The van der Waals surface area contributed by atoms with Gasteiger partial charge >= 0.3 is 0 Å². The largest absolute Gasteiger partial charge is 0.493 e. The van der Waals surface area contributed by atoms with E-state index in [0.29, 0.717) is 17.1 Å². The zero-order chi connectivity index (χ0) is 14.8. The topological polar surface area (TPSA) is 47.9 Å². The molecule has 106 valence electrons. The molecule has 0 aromatic heterocycles. The van der Waals surface area contributed by atoms with Gasteiger partial charge in [0.15, 0.2) is 17.3 Å². The average molecular weight is 281 g/mol. The minimum absolute atomic E-state index is 0.00867. The summed E-state index contributed by atoms with van der Waals surface area (Å²) in [5.41, 5.74) is 3.21. The van der Waals surface area contributed by atoms with Crippen LogP contribution in [-0.2, 0) is 0 Å². The molecule has 0 N–H and O–H groups in total. The molecule has 0 spiro atoms. The second kappa shape index (κ2) is 5.40. The van der Waals surface area contributed by atoms with E-state index in [2.05, 4.69) is 4.99 Å². The third-order valence-electron chi connectivity index (χ3n) is 3.51. The summed E-state index contributed by atoms with van der Waals surface area (Å²) in [5.74, 6) is 1.14. The number of aliphatic imine (C=N–C) groups is 1. The van der Waals surface area contributed by atoms with Crippen LogP contribution >= 0.6 is 0 Å². The van der Waals surface area contributed by atoms with Crippen LogP contribution in [0.15, 0.2) is 47.5 Å². The first-order valence-corrected chi connectivity index (χ1v) is 6.64. The van der Waals surface area contributed by atoms with E-state index in [4.69, 9.17) is 9.47 Å². The van der Waals surface area contributed by atoms with E-state index in [0.717, 1.165) is 16.8 Å². The highest BCUT2D eigenvalue weighted by atomic mass is 16.5. The van der Waals surface area contributed by atoms with Gasteiger partial charge in [-0.1, -0.05) is 30.3 Å². The standard InChI is InChI=1S/C17H15NO3/c1-20-15-8-12-13(9-16(15)21-2)17(18-10-14(12)19)11-6-4-3-5-7-11/h3-9H,10H2,1-2H3. The Morgan fingerprint density at radius 3 is 2.19 bits per heavy atom. The quantitative estimate of drug-likeness (QED) is 0.869. The SMILES string of the molecule is COc1cc2c(cc1OC)C(c1ccccc1)=NCC2=O. The van der Waals surface area contributed by atoms with Crippen LogP contribution in [0.3, 0.4) is 0 Å². The summed E-state index contributed by atoms with van der Waals surface area (Å²) in [7, 11) is 3.14. The summed E-state index contributed by atoms with van der Waals surface area (Å²) in [6.45, 7) is 0.159. The van der Waals surface area contributed by atoms with Crippen molar-refractivity contribution >= 4 is 11.5 Å². The van der Waals surface area contributed by atoms with Gasteiger partial charge in [0.2, 0.25) is 0 Å². The molecule has 4 heteroatoms. The van der Waals surface area contributed by atoms with Crippen LogP contribution < -0.4 is 9.47 Å². The molecular formula is C17H15NO3. The van der Waals surface area contributed by atoms with E-state index in [1.54, 1.807) is 20.3 Å². The first-order chi connectivity index (χ1) is 10.2. The van der Waals surface area contributed by atoms with Crippen molar-refractivity contribution in [3.05, 3.63) is 59.2 Å². The fraction of sp³-hybridized carbons (Fsp3) is 0.176. The molecular weight excluding hydrogens is 266 g/mol. The number of hydrogen-bond donors (Lipinski definition) is 0. The number of carbonyl (C=O) groups excluding carboxylic acids is 1. The molecule has 3 rings (SSSR count). The van der Waals surface area contributed by atoms with Crippen LogP contribution in [0.5, 0.6) is 11.5 Å². The number of Topliss-reactive ketones (excluding diaryl/α,β-unsaturated/α-hetero) is 1. The number of carbonyl (C=O) groups is 1. The zero-order valence-electron chi connectivity index (χ0n) is 11.9. The monoisotopic (exact) mass is 281 g/mol. The Morgan fingerprint density at radius 2 is 1.57 bits per heavy atom. The van der Waals surface area contributed by atoms with Crippen molar-refractivity contribution in [1.29, 1.82) is 0 Å². The molecule has 0 saturated heterocycles. The average Bonchev–Trinajstić information content (AvgIpc) is 2.55. The fourth-order valence-corrected chi connectivity index (χ4v) is 2.47. The third kappa shape index (κ3) is 2.29. The van der Waals surface area contributed by atoms with E-state index in [1.165, 1.54) is 0 Å². The number of nitrogens with zero attached hydrogens (tertiary/aromatic N) is 1. The molecule has 4 nitrogen and oxygen atoms in total.